The van der Waals surface area contributed by atoms with Crippen LogP contribution in [0.3, 0.4) is 0 Å². The molecule has 0 aliphatic carbocycles. The number of ether oxygens (including phenoxy) is 2. The number of aliphatic hydroxyl groups is 2. The average Bonchev–Trinajstić information content (AvgIpc) is 3.20. The average molecular weight is 825 g/mol. The SMILES string of the molecule is CC/C=C\C/C=C\C/C=C\C/C=C\CCCCCCCCC(=O)OC(COC(=O)CCCCCCC/C=C\CCCCCCCC)COP(=O)(O)OCC(O)CO. The lowest BCUT2D eigenvalue weighted by Crippen LogP contribution is -2.29. The molecule has 0 amide bonds. The fourth-order valence-corrected chi connectivity index (χ4v) is 6.53. The summed E-state index contributed by atoms with van der Waals surface area (Å²) in [7, 11) is -4.63. The van der Waals surface area contributed by atoms with Gasteiger partial charge in [0.25, 0.3) is 0 Å². The van der Waals surface area contributed by atoms with Crippen LogP contribution in [0.1, 0.15) is 181 Å². The lowest BCUT2D eigenvalue weighted by Gasteiger charge is -2.20. The van der Waals surface area contributed by atoms with Gasteiger partial charge in [-0.05, 0) is 77.0 Å². The molecule has 3 N–H and O–H groups in total. The van der Waals surface area contributed by atoms with E-state index in [-0.39, 0.29) is 19.4 Å². The van der Waals surface area contributed by atoms with E-state index in [0.29, 0.717) is 12.8 Å². The monoisotopic (exact) mass is 825 g/mol. The van der Waals surface area contributed by atoms with Crippen molar-refractivity contribution >= 4 is 19.8 Å². The Morgan fingerprint density at radius 3 is 1.47 bits per heavy atom. The fourth-order valence-electron chi connectivity index (χ4n) is 5.74. The zero-order chi connectivity index (χ0) is 41.9. The van der Waals surface area contributed by atoms with E-state index in [1.54, 1.807) is 0 Å². The molecule has 0 aliphatic rings. The lowest BCUT2D eigenvalue weighted by molar-refractivity contribution is -0.161. The van der Waals surface area contributed by atoms with Crippen LogP contribution in [0.15, 0.2) is 60.8 Å². The number of unbranched alkanes of at least 4 members (excludes halogenated alkanes) is 17. The molecule has 0 spiro atoms. The minimum Gasteiger partial charge on any atom is -0.462 e. The molecule has 3 atom stereocenters. The molecule has 10 nitrogen and oxygen atoms in total. The molecule has 0 aromatic heterocycles. The van der Waals surface area contributed by atoms with E-state index in [1.165, 1.54) is 38.5 Å². The zero-order valence-electron chi connectivity index (χ0n) is 35.8. The summed E-state index contributed by atoms with van der Waals surface area (Å²) in [6, 6.07) is 0. The highest BCUT2D eigenvalue weighted by Gasteiger charge is 2.27. The first-order valence-electron chi connectivity index (χ1n) is 22.2. The van der Waals surface area contributed by atoms with Crippen molar-refractivity contribution in [2.24, 2.45) is 0 Å². The Morgan fingerprint density at radius 2 is 0.965 bits per heavy atom. The largest absolute Gasteiger partial charge is 0.472 e. The molecule has 0 rings (SSSR count). The molecule has 0 fully saturated rings. The highest BCUT2D eigenvalue weighted by molar-refractivity contribution is 7.47. The molecule has 0 aliphatic heterocycles. The summed E-state index contributed by atoms with van der Waals surface area (Å²) >= 11 is 0. The van der Waals surface area contributed by atoms with Crippen molar-refractivity contribution in [1.82, 2.24) is 0 Å². The van der Waals surface area contributed by atoms with Gasteiger partial charge in [-0.3, -0.25) is 18.6 Å². The molecule has 330 valence electrons. The second-order valence-corrected chi connectivity index (χ2v) is 16.1. The number of phosphoric acid groups is 1. The smallest absolute Gasteiger partial charge is 0.462 e. The van der Waals surface area contributed by atoms with Crippen molar-refractivity contribution in [1.29, 1.82) is 0 Å². The van der Waals surface area contributed by atoms with Crippen LogP contribution in [0.4, 0.5) is 0 Å². The maximum Gasteiger partial charge on any atom is 0.472 e. The summed E-state index contributed by atoms with van der Waals surface area (Å²) in [6.45, 7) is 2.23. The molecule has 0 saturated carbocycles. The summed E-state index contributed by atoms with van der Waals surface area (Å²) in [5.74, 6) is -0.953. The number of hydrogen-bond donors (Lipinski definition) is 3. The van der Waals surface area contributed by atoms with Crippen LogP contribution in [0.25, 0.3) is 0 Å². The fraction of sp³-hybridized carbons (Fsp3) is 0.739. The normalized spacial score (nSPS) is 14.4. The quantitative estimate of drug-likeness (QED) is 0.0235. The van der Waals surface area contributed by atoms with Crippen molar-refractivity contribution in [3.63, 3.8) is 0 Å². The first-order valence-corrected chi connectivity index (χ1v) is 23.7. The molecule has 0 bridgehead atoms. The van der Waals surface area contributed by atoms with Gasteiger partial charge in [-0.2, -0.15) is 0 Å². The van der Waals surface area contributed by atoms with Gasteiger partial charge in [0.05, 0.1) is 19.8 Å². The third-order valence-corrected chi connectivity index (χ3v) is 10.1. The summed E-state index contributed by atoms with van der Waals surface area (Å²) in [5.41, 5.74) is 0. The van der Waals surface area contributed by atoms with Crippen LogP contribution in [0.5, 0.6) is 0 Å². The second kappa shape index (κ2) is 41.8. The number of esters is 2. The van der Waals surface area contributed by atoms with Crippen molar-refractivity contribution in [2.45, 2.75) is 193 Å². The van der Waals surface area contributed by atoms with Gasteiger partial charge in [0.2, 0.25) is 0 Å². The predicted octanol–water partition coefficient (Wildman–Crippen LogP) is 11.9. The van der Waals surface area contributed by atoms with Gasteiger partial charge in [-0.15, -0.1) is 0 Å². The van der Waals surface area contributed by atoms with Gasteiger partial charge < -0.3 is 24.6 Å². The first kappa shape index (κ1) is 54.7. The highest BCUT2D eigenvalue weighted by Crippen LogP contribution is 2.43. The molecular formula is C46H81O10P. The summed E-state index contributed by atoms with van der Waals surface area (Å²) < 4.78 is 32.7. The highest BCUT2D eigenvalue weighted by atomic mass is 31.2. The standard InChI is InChI=1S/C46H81O10P/c1-3-5-7-9-11-13-15-17-19-20-21-22-24-26-28-30-32-34-36-38-46(50)56-44(42-55-57(51,52)54-40-43(48)39-47)41-53-45(49)37-35-33-31-29-27-25-23-18-16-14-12-10-8-6-4-2/h5,7,11,13,17-19,21-23,43-44,47-48H,3-4,6,8-10,12,14-16,20,24-42H2,1-2H3,(H,51,52)/b7-5-,13-11-,19-17-,22-21-,23-18-. The Labute approximate surface area is 346 Å². The summed E-state index contributed by atoms with van der Waals surface area (Å²) in [5, 5.41) is 18.3. The maximum atomic E-state index is 12.6. The molecule has 0 heterocycles. The van der Waals surface area contributed by atoms with E-state index in [4.69, 9.17) is 19.1 Å². The molecule has 0 aromatic rings. The third-order valence-electron chi connectivity index (χ3n) is 9.16. The van der Waals surface area contributed by atoms with Gasteiger partial charge in [-0.25, -0.2) is 4.57 Å². The number of carbonyl (C=O) groups excluding carboxylic acids is 2. The van der Waals surface area contributed by atoms with E-state index in [9.17, 15) is 24.2 Å². The number of hydrogen-bond acceptors (Lipinski definition) is 9. The van der Waals surface area contributed by atoms with E-state index in [2.05, 4.69) is 79.1 Å². The molecule has 0 aromatic carbocycles. The molecular weight excluding hydrogens is 743 g/mol. The Morgan fingerprint density at radius 1 is 0.544 bits per heavy atom. The zero-order valence-corrected chi connectivity index (χ0v) is 36.7. The first-order chi connectivity index (χ1) is 27.7. The summed E-state index contributed by atoms with van der Waals surface area (Å²) in [4.78, 5) is 35.0. The lowest BCUT2D eigenvalue weighted by atomic mass is 10.1. The predicted molar refractivity (Wildman–Crippen MR) is 233 cm³/mol. The van der Waals surface area contributed by atoms with E-state index >= 15 is 0 Å². The molecule has 0 saturated heterocycles. The van der Waals surface area contributed by atoms with Crippen LogP contribution in [-0.4, -0.2) is 65.7 Å². The summed E-state index contributed by atoms with van der Waals surface area (Å²) in [6.07, 6.45) is 46.1. The Bertz CT molecular complexity index is 1130. The van der Waals surface area contributed by atoms with Crippen LogP contribution in [0.2, 0.25) is 0 Å². The number of allylic oxidation sites excluding steroid dienone is 10. The molecule has 3 unspecified atom stereocenters. The van der Waals surface area contributed by atoms with Crippen molar-refractivity contribution in [3.8, 4) is 0 Å². The van der Waals surface area contributed by atoms with Crippen LogP contribution >= 0.6 is 7.82 Å². The number of rotatable bonds is 41. The van der Waals surface area contributed by atoms with E-state index in [0.717, 1.165) is 103 Å². The van der Waals surface area contributed by atoms with Gasteiger partial charge in [0.15, 0.2) is 6.10 Å². The van der Waals surface area contributed by atoms with E-state index in [1.807, 2.05) is 0 Å². The van der Waals surface area contributed by atoms with Crippen LogP contribution < -0.4 is 0 Å². The van der Waals surface area contributed by atoms with E-state index < -0.39 is 51.8 Å². The second-order valence-electron chi connectivity index (χ2n) is 14.7. The van der Waals surface area contributed by atoms with Crippen LogP contribution in [-0.2, 0) is 32.7 Å². The van der Waals surface area contributed by atoms with Crippen molar-refractivity contribution in [2.75, 3.05) is 26.4 Å². The number of phosphoric ester groups is 1. The van der Waals surface area contributed by atoms with Crippen LogP contribution in [0, 0.1) is 0 Å². The molecule has 0 radical (unpaired) electrons. The Kier molecular flexibility index (Phi) is 40.1. The minimum absolute atomic E-state index is 0.164. The van der Waals surface area contributed by atoms with Crippen molar-refractivity contribution in [3.05, 3.63) is 60.8 Å². The van der Waals surface area contributed by atoms with Gasteiger partial charge in [-0.1, -0.05) is 152 Å². The Hall–Kier alpha value is -2.33. The topological polar surface area (TPSA) is 149 Å². The van der Waals surface area contributed by atoms with Gasteiger partial charge in [0, 0.05) is 12.8 Å². The maximum absolute atomic E-state index is 12.6. The minimum atomic E-state index is -4.63. The number of aliphatic hydroxyl groups excluding tert-OH is 2. The molecule has 57 heavy (non-hydrogen) atoms. The molecule has 11 heteroatoms. The Balaban J connectivity index is 4.33. The van der Waals surface area contributed by atoms with Crippen molar-refractivity contribution < 1.29 is 47.8 Å². The van der Waals surface area contributed by atoms with Gasteiger partial charge >= 0.3 is 19.8 Å². The third kappa shape index (κ3) is 41.6. The van der Waals surface area contributed by atoms with Gasteiger partial charge in [0.1, 0.15) is 12.7 Å². The number of carbonyl (C=O) groups is 2.